The molecule has 27 heavy (non-hydrogen) atoms. The number of halogens is 1. The summed E-state index contributed by atoms with van der Waals surface area (Å²) in [5.41, 5.74) is 2.81. The molecule has 0 spiro atoms. The second-order valence-corrected chi connectivity index (χ2v) is 7.36. The first-order valence-corrected chi connectivity index (χ1v) is 9.65. The molecular formula is C19H19BrN6O. The predicted octanol–water partition coefficient (Wildman–Crippen LogP) is 3.34. The van der Waals surface area contributed by atoms with Crippen molar-refractivity contribution in [2.75, 3.05) is 23.3 Å². The van der Waals surface area contributed by atoms with Crippen LogP contribution in [0.3, 0.4) is 0 Å². The van der Waals surface area contributed by atoms with Crippen LogP contribution >= 0.6 is 15.9 Å². The van der Waals surface area contributed by atoms with E-state index in [1.54, 1.807) is 0 Å². The fourth-order valence-electron chi connectivity index (χ4n) is 3.08. The Morgan fingerprint density at radius 3 is 2.44 bits per heavy atom. The molecule has 1 amide bonds. The first-order valence-electron chi connectivity index (χ1n) is 8.86. The van der Waals surface area contributed by atoms with Crippen LogP contribution in [-0.4, -0.2) is 39.2 Å². The number of anilines is 2. The largest absolute Gasteiger partial charge is 0.372 e. The highest BCUT2D eigenvalue weighted by Gasteiger charge is 2.13. The van der Waals surface area contributed by atoms with E-state index in [1.165, 1.54) is 23.3 Å². The Bertz CT molecular complexity index is 916. The maximum absolute atomic E-state index is 12.3. The zero-order chi connectivity index (χ0) is 18.6. The van der Waals surface area contributed by atoms with Crippen molar-refractivity contribution in [1.29, 1.82) is 0 Å². The summed E-state index contributed by atoms with van der Waals surface area (Å²) in [6.45, 7) is 2.21. The molecule has 2 heterocycles. The number of hydrogen-bond acceptors (Lipinski definition) is 5. The van der Waals surface area contributed by atoms with E-state index in [0.717, 1.165) is 28.8 Å². The molecule has 8 heteroatoms. The summed E-state index contributed by atoms with van der Waals surface area (Å²) in [6, 6.07) is 15.5. The maximum atomic E-state index is 12.3. The molecule has 3 aromatic rings. The summed E-state index contributed by atoms with van der Waals surface area (Å²) >= 11 is 3.39. The van der Waals surface area contributed by atoms with Gasteiger partial charge in [-0.1, -0.05) is 15.9 Å². The van der Waals surface area contributed by atoms with Crippen LogP contribution in [0.2, 0.25) is 0 Å². The minimum atomic E-state index is -0.191. The second kappa shape index (κ2) is 7.87. The first-order chi connectivity index (χ1) is 13.2. The molecule has 138 valence electrons. The molecule has 0 bridgehead atoms. The molecule has 1 saturated heterocycles. The normalized spacial score (nSPS) is 13.7. The van der Waals surface area contributed by atoms with Gasteiger partial charge in [0.25, 0.3) is 0 Å². The van der Waals surface area contributed by atoms with Gasteiger partial charge in [-0.2, -0.15) is 4.80 Å². The topological polar surface area (TPSA) is 75.9 Å². The Morgan fingerprint density at radius 2 is 1.74 bits per heavy atom. The van der Waals surface area contributed by atoms with E-state index in [0.29, 0.717) is 5.82 Å². The molecule has 0 radical (unpaired) electrons. The highest BCUT2D eigenvalue weighted by Crippen LogP contribution is 2.22. The van der Waals surface area contributed by atoms with Gasteiger partial charge in [0.05, 0.1) is 0 Å². The number of nitrogens with zero attached hydrogens (tertiary/aromatic N) is 5. The SMILES string of the molecule is O=C(Cn1nnc(-c2ccc(Br)cc2)n1)Nc1ccc(N2CCCC2)cc1. The lowest BCUT2D eigenvalue weighted by atomic mass is 10.2. The lowest BCUT2D eigenvalue weighted by molar-refractivity contribution is -0.117. The Hall–Kier alpha value is -2.74. The Kier molecular flexibility index (Phi) is 5.15. The number of rotatable bonds is 5. The Labute approximate surface area is 165 Å². The van der Waals surface area contributed by atoms with Gasteiger partial charge in [-0.15, -0.1) is 10.2 Å². The van der Waals surface area contributed by atoms with Crippen molar-refractivity contribution in [3.05, 3.63) is 53.0 Å². The number of amides is 1. The minimum absolute atomic E-state index is 0.0113. The average molecular weight is 427 g/mol. The molecule has 0 unspecified atom stereocenters. The fraction of sp³-hybridized carbons (Fsp3) is 0.263. The zero-order valence-electron chi connectivity index (χ0n) is 14.7. The van der Waals surface area contributed by atoms with Gasteiger partial charge in [0.15, 0.2) is 0 Å². The van der Waals surface area contributed by atoms with Crippen molar-refractivity contribution in [3.8, 4) is 11.4 Å². The van der Waals surface area contributed by atoms with Gasteiger partial charge < -0.3 is 10.2 Å². The van der Waals surface area contributed by atoms with Gasteiger partial charge in [-0.05, 0) is 66.6 Å². The van der Waals surface area contributed by atoms with E-state index >= 15 is 0 Å². The van der Waals surface area contributed by atoms with Crippen LogP contribution in [0.25, 0.3) is 11.4 Å². The quantitative estimate of drug-likeness (QED) is 0.676. The van der Waals surface area contributed by atoms with Crippen molar-refractivity contribution < 1.29 is 4.79 Å². The maximum Gasteiger partial charge on any atom is 0.248 e. The van der Waals surface area contributed by atoms with E-state index in [2.05, 4.69) is 41.6 Å². The summed E-state index contributed by atoms with van der Waals surface area (Å²) in [5.74, 6) is 0.300. The summed E-state index contributed by atoms with van der Waals surface area (Å²) in [5, 5.41) is 15.1. The van der Waals surface area contributed by atoms with Gasteiger partial charge in [0, 0.05) is 34.5 Å². The van der Waals surface area contributed by atoms with Crippen molar-refractivity contribution in [3.63, 3.8) is 0 Å². The number of benzene rings is 2. The molecule has 0 aliphatic carbocycles. The monoisotopic (exact) mass is 426 g/mol. The smallest absolute Gasteiger partial charge is 0.248 e. The van der Waals surface area contributed by atoms with Crippen LogP contribution in [0.5, 0.6) is 0 Å². The zero-order valence-corrected chi connectivity index (χ0v) is 16.3. The van der Waals surface area contributed by atoms with E-state index in [4.69, 9.17) is 0 Å². The highest BCUT2D eigenvalue weighted by molar-refractivity contribution is 9.10. The van der Waals surface area contributed by atoms with Crippen LogP contribution in [0.4, 0.5) is 11.4 Å². The highest BCUT2D eigenvalue weighted by atomic mass is 79.9. The molecule has 0 atom stereocenters. The van der Waals surface area contributed by atoms with E-state index in [9.17, 15) is 4.79 Å². The molecule has 7 nitrogen and oxygen atoms in total. The van der Waals surface area contributed by atoms with E-state index in [1.807, 2.05) is 48.5 Å². The summed E-state index contributed by atoms with van der Waals surface area (Å²) < 4.78 is 0.980. The summed E-state index contributed by atoms with van der Waals surface area (Å²) in [6.07, 6.45) is 2.48. The molecular weight excluding hydrogens is 408 g/mol. The van der Waals surface area contributed by atoms with E-state index in [-0.39, 0.29) is 12.5 Å². The third-order valence-corrected chi connectivity index (χ3v) is 4.99. The number of nitrogens with one attached hydrogen (secondary N) is 1. The van der Waals surface area contributed by atoms with Crippen LogP contribution in [0.1, 0.15) is 12.8 Å². The lowest BCUT2D eigenvalue weighted by Gasteiger charge is -2.17. The van der Waals surface area contributed by atoms with Crippen molar-refractivity contribution in [2.45, 2.75) is 19.4 Å². The third kappa shape index (κ3) is 4.33. The average Bonchev–Trinajstić information content (AvgIpc) is 3.35. The Morgan fingerprint density at radius 1 is 1.04 bits per heavy atom. The van der Waals surface area contributed by atoms with Gasteiger partial charge in [0.1, 0.15) is 6.54 Å². The molecule has 4 rings (SSSR count). The predicted molar refractivity (Wildman–Crippen MR) is 107 cm³/mol. The van der Waals surface area contributed by atoms with Crippen molar-refractivity contribution >= 4 is 33.2 Å². The fourth-order valence-corrected chi connectivity index (χ4v) is 3.35. The molecule has 1 aliphatic rings. The number of tetrazole rings is 1. The third-order valence-electron chi connectivity index (χ3n) is 4.46. The van der Waals surface area contributed by atoms with Crippen LogP contribution < -0.4 is 10.2 Å². The molecule has 1 aliphatic heterocycles. The summed E-state index contributed by atoms with van der Waals surface area (Å²) in [4.78, 5) is 15.9. The van der Waals surface area contributed by atoms with Gasteiger partial charge in [0.2, 0.25) is 11.7 Å². The van der Waals surface area contributed by atoms with Crippen molar-refractivity contribution in [1.82, 2.24) is 20.2 Å². The minimum Gasteiger partial charge on any atom is -0.372 e. The lowest BCUT2D eigenvalue weighted by Crippen LogP contribution is -2.21. The van der Waals surface area contributed by atoms with Crippen LogP contribution in [0, 0.1) is 0 Å². The number of carbonyl (C=O) groups excluding carboxylic acids is 1. The number of aromatic nitrogens is 4. The standard InChI is InChI=1S/C19H19BrN6O/c20-15-5-3-14(4-6-15)19-22-24-26(23-19)13-18(27)21-16-7-9-17(10-8-16)25-11-1-2-12-25/h3-10H,1-2,11-13H2,(H,21,27). The van der Waals surface area contributed by atoms with Gasteiger partial charge in [-0.25, -0.2) is 0 Å². The molecule has 1 N–H and O–H groups in total. The van der Waals surface area contributed by atoms with Crippen LogP contribution in [0.15, 0.2) is 53.0 Å². The molecule has 0 saturated carbocycles. The first kappa shape index (κ1) is 17.7. The van der Waals surface area contributed by atoms with Gasteiger partial charge in [-0.3, -0.25) is 4.79 Å². The second-order valence-electron chi connectivity index (χ2n) is 6.44. The number of hydrogen-bond donors (Lipinski definition) is 1. The summed E-state index contributed by atoms with van der Waals surface area (Å²) in [7, 11) is 0. The number of carbonyl (C=O) groups is 1. The molecule has 1 aromatic heterocycles. The van der Waals surface area contributed by atoms with E-state index < -0.39 is 0 Å². The Balaban J connectivity index is 1.36. The van der Waals surface area contributed by atoms with Gasteiger partial charge >= 0.3 is 0 Å². The van der Waals surface area contributed by atoms with Crippen molar-refractivity contribution in [2.24, 2.45) is 0 Å². The molecule has 2 aromatic carbocycles. The molecule has 1 fully saturated rings. The van der Waals surface area contributed by atoms with Crippen LogP contribution in [-0.2, 0) is 11.3 Å².